The fourth-order valence-corrected chi connectivity index (χ4v) is 3.95. The van der Waals surface area contributed by atoms with E-state index in [1.54, 1.807) is 18.5 Å². The summed E-state index contributed by atoms with van der Waals surface area (Å²) in [7, 11) is 0. The van der Waals surface area contributed by atoms with E-state index in [0.717, 1.165) is 51.3 Å². The molecule has 27 heavy (non-hydrogen) atoms. The molecule has 2 saturated heterocycles. The molecule has 0 aromatic carbocycles. The van der Waals surface area contributed by atoms with E-state index in [9.17, 15) is 4.79 Å². The standard InChI is InChI=1S/C20H25N5O2/c26-20(24-19-13-21-8-9-22-19)17-4-1-3-16(23-17)18-5-2-10-25(18)14-15-6-11-27-12-7-15/h1,3-4,8-9,13,15,18H,2,5-7,10-12,14H2,(H,22,24,26). The zero-order chi connectivity index (χ0) is 18.5. The first-order chi connectivity index (χ1) is 13.3. The van der Waals surface area contributed by atoms with Crippen LogP contribution < -0.4 is 5.32 Å². The summed E-state index contributed by atoms with van der Waals surface area (Å²) in [5.41, 5.74) is 1.39. The zero-order valence-corrected chi connectivity index (χ0v) is 15.4. The Bertz CT molecular complexity index is 764. The third-order valence-corrected chi connectivity index (χ3v) is 5.35. The number of pyridine rings is 1. The van der Waals surface area contributed by atoms with Gasteiger partial charge in [0.15, 0.2) is 5.82 Å². The Labute approximate surface area is 159 Å². The van der Waals surface area contributed by atoms with Crippen molar-refractivity contribution in [1.29, 1.82) is 0 Å². The Morgan fingerprint density at radius 3 is 2.93 bits per heavy atom. The summed E-state index contributed by atoms with van der Waals surface area (Å²) in [6, 6.07) is 5.98. The van der Waals surface area contributed by atoms with Crippen molar-refractivity contribution in [3.63, 3.8) is 0 Å². The predicted molar refractivity (Wildman–Crippen MR) is 101 cm³/mol. The van der Waals surface area contributed by atoms with Crippen LogP contribution in [0.15, 0.2) is 36.8 Å². The molecule has 1 amide bonds. The molecule has 2 fully saturated rings. The summed E-state index contributed by atoms with van der Waals surface area (Å²) in [6.45, 7) is 3.93. The molecular formula is C20H25N5O2. The van der Waals surface area contributed by atoms with Crippen LogP contribution in [0.1, 0.15) is 47.9 Å². The lowest BCUT2D eigenvalue weighted by atomic mass is 9.99. The summed E-state index contributed by atoms with van der Waals surface area (Å²) in [5.74, 6) is 0.866. The Morgan fingerprint density at radius 1 is 1.22 bits per heavy atom. The van der Waals surface area contributed by atoms with Gasteiger partial charge in [0.25, 0.3) is 5.91 Å². The number of nitrogens with zero attached hydrogens (tertiary/aromatic N) is 4. The second kappa shape index (κ2) is 8.54. The molecule has 1 unspecified atom stereocenters. The first kappa shape index (κ1) is 18.0. The number of rotatable bonds is 5. The van der Waals surface area contributed by atoms with Crippen LogP contribution in [0.2, 0.25) is 0 Å². The van der Waals surface area contributed by atoms with Crippen molar-refractivity contribution >= 4 is 11.7 Å². The van der Waals surface area contributed by atoms with Crippen LogP contribution in [0.25, 0.3) is 0 Å². The Balaban J connectivity index is 1.45. The van der Waals surface area contributed by atoms with E-state index in [0.29, 0.717) is 17.4 Å². The van der Waals surface area contributed by atoms with Crippen molar-refractivity contribution in [1.82, 2.24) is 19.9 Å². The molecule has 142 valence electrons. The summed E-state index contributed by atoms with van der Waals surface area (Å²) in [5, 5.41) is 2.75. The normalized spacial score (nSPS) is 21.3. The predicted octanol–water partition coefficient (Wildman–Crippen LogP) is 2.69. The SMILES string of the molecule is O=C(Nc1cnccn1)c1cccc(C2CCCN2CC2CCOCC2)n1. The van der Waals surface area contributed by atoms with Gasteiger partial charge in [-0.05, 0) is 50.3 Å². The molecule has 4 rings (SSSR count). The maximum Gasteiger partial charge on any atom is 0.275 e. The van der Waals surface area contributed by atoms with E-state index in [2.05, 4.69) is 25.2 Å². The average Bonchev–Trinajstić information content (AvgIpc) is 3.18. The largest absolute Gasteiger partial charge is 0.381 e. The van der Waals surface area contributed by atoms with E-state index in [1.807, 2.05) is 12.1 Å². The van der Waals surface area contributed by atoms with Crippen LogP contribution in [0, 0.1) is 5.92 Å². The summed E-state index contributed by atoms with van der Waals surface area (Å²) < 4.78 is 5.48. The minimum Gasteiger partial charge on any atom is -0.381 e. The molecule has 2 aliphatic heterocycles. The highest BCUT2D eigenvalue weighted by atomic mass is 16.5. The van der Waals surface area contributed by atoms with Crippen LogP contribution in [0.5, 0.6) is 0 Å². The van der Waals surface area contributed by atoms with Crippen LogP contribution in [-0.2, 0) is 4.74 Å². The summed E-state index contributed by atoms with van der Waals surface area (Å²) in [4.78, 5) is 27.8. The van der Waals surface area contributed by atoms with Crippen LogP contribution in [-0.4, -0.2) is 52.1 Å². The number of likely N-dealkylation sites (tertiary alicyclic amines) is 1. The highest BCUT2D eigenvalue weighted by Gasteiger charge is 2.30. The third-order valence-electron chi connectivity index (χ3n) is 5.35. The third kappa shape index (κ3) is 4.48. The number of nitrogens with one attached hydrogen (secondary N) is 1. The molecule has 1 atom stereocenters. The second-order valence-corrected chi connectivity index (χ2v) is 7.20. The number of aromatic nitrogens is 3. The Hall–Kier alpha value is -2.38. The maximum atomic E-state index is 12.5. The minimum atomic E-state index is -0.258. The highest BCUT2D eigenvalue weighted by molar-refractivity contribution is 6.02. The van der Waals surface area contributed by atoms with Crippen LogP contribution >= 0.6 is 0 Å². The van der Waals surface area contributed by atoms with Gasteiger partial charge in [0.2, 0.25) is 0 Å². The van der Waals surface area contributed by atoms with Gasteiger partial charge < -0.3 is 10.1 Å². The summed E-state index contributed by atoms with van der Waals surface area (Å²) >= 11 is 0. The molecule has 2 aromatic heterocycles. The van der Waals surface area contributed by atoms with E-state index < -0.39 is 0 Å². The average molecular weight is 367 g/mol. The van der Waals surface area contributed by atoms with Gasteiger partial charge in [-0.1, -0.05) is 6.07 Å². The zero-order valence-electron chi connectivity index (χ0n) is 15.4. The topological polar surface area (TPSA) is 80.2 Å². The van der Waals surface area contributed by atoms with Crippen LogP contribution in [0.4, 0.5) is 5.82 Å². The highest BCUT2D eigenvalue weighted by Crippen LogP contribution is 2.32. The van der Waals surface area contributed by atoms with Crippen LogP contribution in [0.3, 0.4) is 0 Å². The molecule has 0 aliphatic carbocycles. The van der Waals surface area contributed by atoms with Gasteiger partial charge in [-0.15, -0.1) is 0 Å². The fraction of sp³-hybridized carbons (Fsp3) is 0.500. The van der Waals surface area contributed by atoms with Gasteiger partial charge in [0.1, 0.15) is 5.69 Å². The lowest BCUT2D eigenvalue weighted by Crippen LogP contribution is -2.32. The van der Waals surface area contributed by atoms with Crippen molar-refractivity contribution in [2.45, 2.75) is 31.7 Å². The Morgan fingerprint density at radius 2 is 2.11 bits per heavy atom. The van der Waals surface area contributed by atoms with Gasteiger partial charge in [-0.3, -0.25) is 14.7 Å². The molecule has 4 heterocycles. The first-order valence-corrected chi connectivity index (χ1v) is 9.66. The molecule has 2 aromatic rings. The first-order valence-electron chi connectivity index (χ1n) is 9.66. The molecule has 0 radical (unpaired) electrons. The lowest BCUT2D eigenvalue weighted by molar-refractivity contribution is 0.0504. The molecule has 2 aliphatic rings. The van der Waals surface area contributed by atoms with E-state index in [-0.39, 0.29) is 11.9 Å². The second-order valence-electron chi connectivity index (χ2n) is 7.20. The number of ether oxygens (including phenoxy) is 1. The van der Waals surface area contributed by atoms with E-state index in [4.69, 9.17) is 4.74 Å². The van der Waals surface area contributed by atoms with Gasteiger partial charge in [-0.2, -0.15) is 0 Å². The number of hydrogen-bond acceptors (Lipinski definition) is 6. The van der Waals surface area contributed by atoms with E-state index in [1.165, 1.54) is 12.6 Å². The van der Waals surface area contributed by atoms with Crippen molar-refractivity contribution < 1.29 is 9.53 Å². The van der Waals surface area contributed by atoms with E-state index >= 15 is 0 Å². The quantitative estimate of drug-likeness (QED) is 0.875. The molecule has 7 heteroatoms. The van der Waals surface area contributed by atoms with Gasteiger partial charge >= 0.3 is 0 Å². The fourth-order valence-electron chi connectivity index (χ4n) is 3.95. The van der Waals surface area contributed by atoms with Crippen molar-refractivity contribution in [3.8, 4) is 0 Å². The number of carbonyl (C=O) groups is 1. The number of carbonyl (C=O) groups excluding carboxylic acids is 1. The molecular weight excluding hydrogens is 342 g/mol. The molecule has 7 nitrogen and oxygen atoms in total. The lowest BCUT2D eigenvalue weighted by Gasteiger charge is -2.30. The molecule has 0 spiro atoms. The van der Waals surface area contributed by atoms with Crippen molar-refractivity contribution in [3.05, 3.63) is 48.2 Å². The van der Waals surface area contributed by atoms with Crippen molar-refractivity contribution in [2.24, 2.45) is 5.92 Å². The minimum absolute atomic E-state index is 0.258. The van der Waals surface area contributed by atoms with Gasteiger partial charge in [-0.25, -0.2) is 9.97 Å². The van der Waals surface area contributed by atoms with Crippen molar-refractivity contribution in [2.75, 3.05) is 31.6 Å². The maximum absolute atomic E-state index is 12.5. The number of hydrogen-bond donors (Lipinski definition) is 1. The molecule has 0 saturated carbocycles. The smallest absolute Gasteiger partial charge is 0.275 e. The molecule has 0 bridgehead atoms. The number of amides is 1. The monoisotopic (exact) mass is 367 g/mol. The Kier molecular flexibility index (Phi) is 5.69. The summed E-state index contributed by atoms with van der Waals surface area (Å²) in [6.07, 6.45) is 9.17. The van der Waals surface area contributed by atoms with Gasteiger partial charge in [0.05, 0.1) is 17.9 Å². The number of anilines is 1. The molecule has 1 N–H and O–H groups in total. The van der Waals surface area contributed by atoms with Gasteiger partial charge in [0, 0.05) is 32.2 Å².